The second-order valence-electron chi connectivity index (χ2n) is 8.71. The largest absolute Gasteiger partial charge is 0.496 e. The van der Waals surface area contributed by atoms with Crippen LogP contribution >= 0.6 is 0 Å². The van der Waals surface area contributed by atoms with Gasteiger partial charge in [-0.2, -0.15) is 5.10 Å². The Labute approximate surface area is 194 Å². The predicted octanol–water partition coefficient (Wildman–Crippen LogP) is 5.57. The van der Waals surface area contributed by atoms with E-state index in [1.165, 1.54) is 33.0 Å². The second kappa shape index (κ2) is 8.38. The van der Waals surface area contributed by atoms with Crippen LogP contribution in [0.2, 0.25) is 0 Å². The van der Waals surface area contributed by atoms with E-state index in [4.69, 9.17) is 9.84 Å². The molecule has 0 atom stereocenters. The van der Waals surface area contributed by atoms with Gasteiger partial charge in [-0.15, -0.1) is 0 Å². The van der Waals surface area contributed by atoms with Gasteiger partial charge in [-0.25, -0.2) is 0 Å². The van der Waals surface area contributed by atoms with Crippen LogP contribution in [0, 0.1) is 0 Å². The molecule has 0 spiro atoms. The maximum atomic E-state index is 5.63. The lowest BCUT2D eigenvalue weighted by Crippen LogP contribution is -2.45. The van der Waals surface area contributed by atoms with E-state index in [1.807, 2.05) is 12.3 Å². The number of methoxy groups -OCH3 is 1. The van der Waals surface area contributed by atoms with Crippen LogP contribution in [-0.2, 0) is 0 Å². The van der Waals surface area contributed by atoms with Crippen molar-refractivity contribution in [2.45, 2.75) is 6.04 Å². The standard InChI is InChI=1S/C29H27N3O/c1-33-28-15-14-21-8-2-3-9-22(21)27(28)20-30-32-18-16-31(17-19-32)29-25-12-6-4-10-23(25)24-11-5-7-13-26(24)29/h2-15,20,29H,16-19H2,1H3/b30-20-. The number of hydrazone groups is 1. The van der Waals surface area contributed by atoms with Crippen molar-refractivity contribution >= 4 is 17.0 Å². The van der Waals surface area contributed by atoms with Crippen molar-refractivity contribution in [3.63, 3.8) is 0 Å². The molecule has 0 bridgehead atoms. The van der Waals surface area contributed by atoms with E-state index in [-0.39, 0.29) is 0 Å². The van der Waals surface area contributed by atoms with Gasteiger partial charge in [-0.1, -0.05) is 78.9 Å². The summed E-state index contributed by atoms with van der Waals surface area (Å²) in [6.07, 6.45) is 1.97. The van der Waals surface area contributed by atoms with Crippen molar-refractivity contribution in [3.8, 4) is 16.9 Å². The minimum absolute atomic E-state index is 0.335. The molecular formula is C29H27N3O. The molecule has 4 heteroatoms. The van der Waals surface area contributed by atoms with E-state index < -0.39 is 0 Å². The maximum absolute atomic E-state index is 5.63. The lowest BCUT2D eigenvalue weighted by Gasteiger charge is -2.37. The van der Waals surface area contributed by atoms with Gasteiger partial charge in [-0.3, -0.25) is 9.91 Å². The predicted molar refractivity (Wildman–Crippen MR) is 135 cm³/mol. The van der Waals surface area contributed by atoms with Crippen molar-refractivity contribution in [1.29, 1.82) is 0 Å². The Hall–Kier alpha value is -3.63. The third-order valence-corrected chi connectivity index (χ3v) is 6.96. The minimum Gasteiger partial charge on any atom is -0.496 e. The molecular weight excluding hydrogens is 406 g/mol. The molecule has 0 saturated carbocycles. The summed E-state index contributed by atoms with van der Waals surface area (Å²) in [7, 11) is 1.72. The normalized spacial score (nSPS) is 16.3. The molecule has 4 aromatic carbocycles. The number of nitrogens with zero attached hydrogens (tertiary/aromatic N) is 3. The smallest absolute Gasteiger partial charge is 0.128 e. The van der Waals surface area contributed by atoms with Gasteiger partial charge in [0, 0.05) is 31.7 Å². The molecule has 2 aliphatic rings. The number of piperazine rings is 1. The summed E-state index contributed by atoms with van der Waals surface area (Å²) in [4.78, 5) is 2.61. The highest BCUT2D eigenvalue weighted by atomic mass is 16.5. The van der Waals surface area contributed by atoms with Crippen molar-refractivity contribution in [3.05, 3.63) is 102 Å². The minimum atomic E-state index is 0.335. The van der Waals surface area contributed by atoms with Crippen molar-refractivity contribution in [1.82, 2.24) is 9.91 Å². The van der Waals surface area contributed by atoms with Gasteiger partial charge in [0.25, 0.3) is 0 Å². The molecule has 1 fully saturated rings. The molecule has 164 valence electrons. The third kappa shape index (κ3) is 3.47. The zero-order valence-corrected chi connectivity index (χ0v) is 18.8. The zero-order valence-electron chi connectivity index (χ0n) is 18.8. The summed E-state index contributed by atoms with van der Waals surface area (Å²) in [5.41, 5.74) is 6.65. The summed E-state index contributed by atoms with van der Waals surface area (Å²) in [6.45, 7) is 3.78. The van der Waals surface area contributed by atoms with E-state index in [9.17, 15) is 0 Å². The van der Waals surface area contributed by atoms with E-state index in [2.05, 4.69) is 88.8 Å². The summed E-state index contributed by atoms with van der Waals surface area (Å²) >= 11 is 0. The van der Waals surface area contributed by atoms with Gasteiger partial charge in [0.05, 0.1) is 19.4 Å². The van der Waals surface area contributed by atoms with Crippen LogP contribution in [0.25, 0.3) is 21.9 Å². The molecule has 1 aliphatic carbocycles. The van der Waals surface area contributed by atoms with Crippen LogP contribution in [0.4, 0.5) is 0 Å². The summed E-state index contributed by atoms with van der Waals surface area (Å²) in [6, 6.07) is 30.6. The lowest BCUT2D eigenvalue weighted by molar-refractivity contribution is 0.114. The molecule has 1 saturated heterocycles. The number of hydrogen-bond acceptors (Lipinski definition) is 4. The lowest BCUT2D eigenvalue weighted by atomic mass is 10.0. The number of ether oxygens (including phenoxy) is 1. The topological polar surface area (TPSA) is 28.1 Å². The molecule has 4 aromatic rings. The highest BCUT2D eigenvalue weighted by Crippen LogP contribution is 2.46. The average Bonchev–Trinajstić information content (AvgIpc) is 3.22. The van der Waals surface area contributed by atoms with Gasteiger partial charge in [0.1, 0.15) is 5.75 Å². The first-order valence-electron chi connectivity index (χ1n) is 11.6. The van der Waals surface area contributed by atoms with Gasteiger partial charge in [0.2, 0.25) is 0 Å². The summed E-state index contributed by atoms with van der Waals surface area (Å²) < 4.78 is 5.63. The van der Waals surface area contributed by atoms with Crippen molar-refractivity contribution < 1.29 is 4.74 Å². The van der Waals surface area contributed by atoms with E-state index in [0.29, 0.717) is 6.04 Å². The van der Waals surface area contributed by atoms with Crippen molar-refractivity contribution in [2.24, 2.45) is 5.10 Å². The fourth-order valence-corrected chi connectivity index (χ4v) is 5.33. The second-order valence-corrected chi connectivity index (χ2v) is 8.71. The molecule has 33 heavy (non-hydrogen) atoms. The Kier molecular flexibility index (Phi) is 5.08. The molecule has 1 heterocycles. The van der Waals surface area contributed by atoms with Crippen LogP contribution in [0.15, 0.2) is 90.0 Å². The van der Waals surface area contributed by atoms with E-state index in [0.717, 1.165) is 37.5 Å². The highest BCUT2D eigenvalue weighted by Gasteiger charge is 2.33. The van der Waals surface area contributed by atoms with Gasteiger partial charge in [0.15, 0.2) is 0 Å². The molecule has 4 nitrogen and oxygen atoms in total. The van der Waals surface area contributed by atoms with E-state index >= 15 is 0 Å². The molecule has 0 aromatic heterocycles. The first-order valence-corrected chi connectivity index (χ1v) is 11.6. The third-order valence-electron chi connectivity index (χ3n) is 6.96. The first-order chi connectivity index (χ1) is 16.3. The van der Waals surface area contributed by atoms with Crippen molar-refractivity contribution in [2.75, 3.05) is 33.3 Å². The van der Waals surface area contributed by atoms with E-state index in [1.54, 1.807) is 7.11 Å². The zero-order chi connectivity index (χ0) is 22.2. The Morgan fingerprint density at radius 2 is 1.39 bits per heavy atom. The fraction of sp³-hybridized carbons (Fsp3) is 0.207. The fourth-order valence-electron chi connectivity index (χ4n) is 5.33. The molecule has 0 unspecified atom stereocenters. The van der Waals surface area contributed by atoms with Gasteiger partial charge >= 0.3 is 0 Å². The van der Waals surface area contributed by atoms with Crippen LogP contribution in [0.5, 0.6) is 5.75 Å². The van der Waals surface area contributed by atoms with Gasteiger partial charge in [-0.05, 0) is 39.1 Å². The SMILES string of the molecule is COc1ccc2ccccc2c1/C=N\N1CCN(C2c3ccccc3-c3ccccc32)CC1. The van der Waals surface area contributed by atoms with Crippen LogP contribution < -0.4 is 4.74 Å². The molecule has 0 amide bonds. The maximum Gasteiger partial charge on any atom is 0.128 e. The Bertz CT molecular complexity index is 1290. The molecule has 0 radical (unpaired) electrons. The number of rotatable bonds is 4. The number of hydrogen-bond donors (Lipinski definition) is 0. The summed E-state index contributed by atoms with van der Waals surface area (Å²) in [5.74, 6) is 0.857. The van der Waals surface area contributed by atoms with Crippen LogP contribution in [-0.4, -0.2) is 49.4 Å². The van der Waals surface area contributed by atoms with Crippen LogP contribution in [0.1, 0.15) is 22.7 Å². The molecule has 6 rings (SSSR count). The molecule has 0 N–H and O–H groups in total. The first kappa shape index (κ1) is 20.0. The van der Waals surface area contributed by atoms with Crippen LogP contribution in [0.3, 0.4) is 0 Å². The Balaban J connectivity index is 1.22. The average molecular weight is 434 g/mol. The summed E-state index contributed by atoms with van der Waals surface area (Å²) in [5, 5.41) is 9.41. The molecule has 1 aliphatic heterocycles. The quantitative estimate of drug-likeness (QED) is 0.394. The highest BCUT2D eigenvalue weighted by molar-refractivity contribution is 6.02. The van der Waals surface area contributed by atoms with Gasteiger partial charge < -0.3 is 4.74 Å². The number of fused-ring (bicyclic) bond motifs is 4. The Morgan fingerprint density at radius 1 is 0.758 bits per heavy atom. The number of benzene rings is 4. The Morgan fingerprint density at radius 3 is 2.09 bits per heavy atom. The monoisotopic (exact) mass is 433 g/mol.